The molecule has 7 heteroatoms. The Labute approximate surface area is 198 Å². The highest BCUT2D eigenvalue weighted by Crippen LogP contribution is 2.46. The summed E-state index contributed by atoms with van der Waals surface area (Å²) in [6.45, 7) is 4.99. The maximum atomic E-state index is 15.5. The molecular weight excluding hydrogens is 447 g/mol. The molecule has 1 aromatic rings. The molecule has 3 rings (SSSR count). The molecule has 33 heavy (non-hydrogen) atoms. The Morgan fingerprint density at radius 2 is 1.91 bits per heavy atom. The lowest BCUT2D eigenvalue weighted by Gasteiger charge is -2.45. The van der Waals surface area contributed by atoms with Crippen LogP contribution < -0.4 is 0 Å². The average Bonchev–Trinajstić information content (AvgIpc) is 2.84. The first-order valence-electron chi connectivity index (χ1n) is 11.0. The van der Waals surface area contributed by atoms with Crippen LogP contribution in [-0.4, -0.2) is 42.0 Å². The highest BCUT2D eigenvalue weighted by Gasteiger charge is 2.40. The number of rotatable bonds is 5. The fraction of sp³-hybridized carbons (Fsp3) is 0.423. The van der Waals surface area contributed by atoms with Gasteiger partial charge in [0.05, 0.1) is 13.2 Å². The number of carbonyl (C=O) groups is 1. The number of alkyl halides is 1. The molecule has 0 bridgehead atoms. The van der Waals surface area contributed by atoms with Crippen molar-refractivity contribution in [3.63, 3.8) is 0 Å². The Hall–Kier alpha value is -2.25. The zero-order valence-corrected chi connectivity index (χ0v) is 20.2. The lowest BCUT2D eigenvalue weighted by molar-refractivity contribution is -0.134. The van der Waals surface area contributed by atoms with Gasteiger partial charge in [-0.05, 0) is 67.9 Å². The normalized spacial score (nSPS) is 24.1. The lowest BCUT2D eigenvalue weighted by Crippen LogP contribution is -2.47. The van der Waals surface area contributed by atoms with Gasteiger partial charge in [0.15, 0.2) is 0 Å². The number of halogens is 3. The first kappa shape index (κ1) is 25.4. The number of nitrogens with zero attached hydrogens (tertiary/aromatic N) is 1. The van der Waals surface area contributed by atoms with Crippen molar-refractivity contribution < 1.29 is 22.7 Å². The maximum absolute atomic E-state index is 15.5. The number of methoxy groups -OCH3 is 1. The van der Waals surface area contributed by atoms with E-state index in [4.69, 9.17) is 0 Å². The van der Waals surface area contributed by atoms with Crippen LogP contribution in [-0.2, 0) is 9.53 Å². The number of hydrogen-bond donors (Lipinski definition) is 0. The Kier molecular flexibility index (Phi) is 8.29. The summed E-state index contributed by atoms with van der Waals surface area (Å²) in [5.41, 5.74) is -0.515. The first-order chi connectivity index (χ1) is 15.6. The van der Waals surface area contributed by atoms with Gasteiger partial charge in [0, 0.05) is 30.0 Å². The lowest BCUT2D eigenvalue weighted by atomic mass is 9.86. The van der Waals surface area contributed by atoms with Crippen molar-refractivity contribution in [2.75, 3.05) is 19.4 Å². The predicted molar refractivity (Wildman–Crippen MR) is 129 cm³/mol. The van der Waals surface area contributed by atoms with E-state index < -0.39 is 29.3 Å². The molecule has 2 unspecified atom stereocenters. The van der Waals surface area contributed by atoms with Crippen LogP contribution in [0.4, 0.5) is 13.2 Å². The third-order valence-corrected chi connectivity index (χ3v) is 6.82. The van der Waals surface area contributed by atoms with Crippen LogP contribution in [0.1, 0.15) is 50.8 Å². The third-order valence-electron chi connectivity index (χ3n) is 5.69. The Balaban J connectivity index is 2.13. The van der Waals surface area contributed by atoms with E-state index in [0.717, 1.165) is 22.3 Å². The first-order valence-corrected chi connectivity index (χ1v) is 11.9. The van der Waals surface area contributed by atoms with Gasteiger partial charge in [0.1, 0.15) is 17.3 Å². The summed E-state index contributed by atoms with van der Waals surface area (Å²) in [6, 6.07) is 1.58. The Morgan fingerprint density at radius 3 is 2.55 bits per heavy atom. The quantitative estimate of drug-likeness (QED) is 0.356. The second-order valence-electron chi connectivity index (χ2n) is 8.92. The van der Waals surface area contributed by atoms with Gasteiger partial charge in [-0.1, -0.05) is 24.3 Å². The average molecular weight is 478 g/mol. The smallest absolute Gasteiger partial charge is 0.330 e. The van der Waals surface area contributed by atoms with E-state index in [-0.39, 0.29) is 23.7 Å². The van der Waals surface area contributed by atoms with Crippen molar-refractivity contribution >= 4 is 23.8 Å². The van der Waals surface area contributed by atoms with Gasteiger partial charge < -0.3 is 4.74 Å². The topological polar surface area (TPSA) is 29.5 Å². The fourth-order valence-electron chi connectivity index (χ4n) is 4.27. The van der Waals surface area contributed by atoms with Crippen LogP contribution in [0.2, 0.25) is 0 Å². The second kappa shape index (κ2) is 10.8. The van der Waals surface area contributed by atoms with Gasteiger partial charge in [-0.3, -0.25) is 4.90 Å². The molecule has 0 saturated heterocycles. The molecule has 2 atom stereocenters. The summed E-state index contributed by atoms with van der Waals surface area (Å²) in [6.07, 6.45) is 11.6. The van der Waals surface area contributed by atoms with E-state index in [1.54, 1.807) is 11.8 Å². The third kappa shape index (κ3) is 6.42. The number of thioether (sulfide) groups is 1. The van der Waals surface area contributed by atoms with Crippen molar-refractivity contribution in [3.8, 4) is 0 Å². The van der Waals surface area contributed by atoms with Crippen LogP contribution >= 0.6 is 11.8 Å². The largest absolute Gasteiger partial charge is 0.466 e. The molecule has 0 aromatic heterocycles. The van der Waals surface area contributed by atoms with Gasteiger partial charge in [0.2, 0.25) is 0 Å². The van der Waals surface area contributed by atoms with Crippen molar-refractivity contribution in [2.24, 2.45) is 0 Å². The molecule has 2 aliphatic rings. The summed E-state index contributed by atoms with van der Waals surface area (Å²) >= 11 is 1.67. The van der Waals surface area contributed by atoms with Gasteiger partial charge >= 0.3 is 5.97 Å². The van der Waals surface area contributed by atoms with Crippen molar-refractivity contribution in [3.05, 3.63) is 75.8 Å². The minimum Gasteiger partial charge on any atom is -0.466 e. The fourth-order valence-corrected chi connectivity index (χ4v) is 5.42. The van der Waals surface area contributed by atoms with E-state index >= 15 is 8.78 Å². The number of ether oxygens (including phenoxy) is 1. The number of carbonyl (C=O) groups excluding carboxylic acids is 1. The van der Waals surface area contributed by atoms with Gasteiger partial charge in [-0.25, -0.2) is 18.0 Å². The molecule has 1 aromatic carbocycles. The van der Waals surface area contributed by atoms with Crippen LogP contribution in [0.5, 0.6) is 0 Å². The van der Waals surface area contributed by atoms with Crippen LogP contribution in [0.3, 0.4) is 0 Å². The van der Waals surface area contributed by atoms with Crippen LogP contribution in [0.15, 0.2) is 53.0 Å². The van der Waals surface area contributed by atoms with Crippen LogP contribution in [0, 0.1) is 11.6 Å². The summed E-state index contributed by atoms with van der Waals surface area (Å²) in [5.74, 6) is -1.30. The molecule has 2 heterocycles. The highest BCUT2D eigenvalue weighted by atomic mass is 32.2. The number of hydrogen-bond acceptors (Lipinski definition) is 4. The number of esters is 1. The zero-order valence-electron chi connectivity index (χ0n) is 19.4. The summed E-state index contributed by atoms with van der Waals surface area (Å²) in [7, 11) is 1.23. The monoisotopic (exact) mass is 477 g/mol. The molecule has 0 N–H and O–H groups in total. The van der Waals surface area contributed by atoms with Crippen LogP contribution in [0.25, 0.3) is 6.08 Å². The molecule has 0 fully saturated rings. The molecule has 3 nitrogen and oxygen atoms in total. The van der Waals surface area contributed by atoms with Gasteiger partial charge in [-0.15, -0.1) is 11.8 Å². The molecular formula is C26H30F3NO2S. The minimum absolute atomic E-state index is 0.0467. The molecule has 0 spiro atoms. The molecule has 0 saturated carbocycles. The van der Waals surface area contributed by atoms with E-state index in [1.807, 2.05) is 30.1 Å². The van der Waals surface area contributed by atoms with Crippen molar-refractivity contribution in [2.45, 2.75) is 51.4 Å². The molecule has 0 amide bonds. The van der Waals surface area contributed by atoms with Crippen molar-refractivity contribution in [1.82, 2.24) is 4.90 Å². The van der Waals surface area contributed by atoms with Gasteiger partial charge in [0.25, 0.3) is 0 Å². The number of allylic oxidation sites excluding steroid dienone is 3. The molecule has 0 aliphatic carbocycles. The maximum Gasteiger partial charge on any atom is 0.330 e. The zero-order chi connectivity index (χ0) is 24.2. The van der Waals surface area contributed by atoms with E-state index in [9.17, 15) is 9.18 Å². The number of benzene rings is 1. The van der Waals surface area contributed by atoms with Gasteiger partial charge in [-0.2, -0.15) is 0 Å². The van der Waals surface area contributed by atoms with E-state index in [0.29, 0.717) is 12.8 Å². The van der Waals surface area contributed by atoms with E-state index in [2.05, 4.69) is 10.8 Å². The molecule has 178 valence electrons. The summed E-state index contributed by atoms with van der Waals surface area (Å²) in [5, 5.41) is 0. The molecule has 0 radical (unpaired) electrons. The highest BCUT2D eigenvalue weighted by molar-refractivity contribution is 8.03. The summed E-state index contributed by atoms with van der Waals surface area (Å²) < 4.78 is 50.3. The SMILES string of the molecule is COC(=O)/C=C/c1cc(F)c(C2C3=C(CC(C)N2CC(C)(C)F)SC/C=C\C=C/C3)c(F)c1. The minimum atomic E-state index is -1.54. The Bertz CT molecular complexity index is 984. The standard InChI is InChI=1S/C26H30F3NO2S/c1-17-13-22-19(9-7-5-6-8-12-33-22)25(30(17)16-26(2,3)29)24-20(27)14-18(15-21(24)28)10-11-23(31)32-4/h5-8,10-11,14-15,17,25H,9,12-13,16H2,1-4H3/b7-5-,8-6-,11-10+. The summed E-state index contributed by atoms with van der Waals surface area (Å²) in [4.78, 5) is 14.3. The van der Waals surface area contributed by atoms with Crippen molar-refractivity contribution in [1.29, 1.82) is 0 Å². The predicted octanol–water partition coefficient (Wildman–Crippen LogP) is 6.54. The van der Waals surface area contributed by atoms with E-state index in [1.165, 1.54) is 39.2 Å². The second-order valence-corrected chi connectivity index (χ2v) is 10.0. The molecule has 2 aliphatic heterocycles. The Morgan fingerprint density at radius 1 is 1.24 bits per heavy atom.